The van der Waals surface area contributed by atoms with Gasteiger partial charge in [-0.15, -0.1) is 0 Å². The summed E-state index contributed by atoms with van der Waals surface area (Å²) in [5.74, 6) is 3.34. The number of piperazine rings is 1. The molecule has 0 spiro atoms. The van der Waals surface area contributed by atoms with Gasteiger partial charge in [0.15, 0.2) is 0 Å². The summed E-state index contributed by atoms with van der Waals surface area (Å²) in [4.78, 5) is 16.3. The summed E-state index contributed by atoms with van der Waals surface area (Å²) in [7, 11) is 0. The molecular weight excluding hydrogens is 314 g/mol. The predicted octanol–water partition coefficient (Wildman–Crippen LogP) is 2.20. The summed E-state index contributed by atoms with van der Waals surface area (Å²) < 4.78 is 5.82. The van der Waals surface area contributed by atoms with Crippen LogP contribution in [0.2, 0.25) is 0 Å². The van der Waals surface area contributed by atoms with E-state index >= 15 is 0 Å². The normalized spacial score (nSPS) is 20.2. The van der Waals surface area contributed by atoms with Crippen LogP contribution in [0.1, 0.15) is 31.4 Å². The molecule has 0 atom stereocenters. The number of nitrogens with zero attached hydrogens (tertiary/aromatic N) is 5. The summed E-state index contributed by atoms with van der Waals surface area (Å²) in [6.07, 6.45) is 3.74. The zero-order valence-corrected chi connectivity index (χ0v) is 15.1. The monoisotopic (exact) mass is 341 g/mol. The number of pyridine rings is 1. The Balaban J connectivity index is 1.22. The minimum absolute atomic E-state index is 0.404. The summed E-state index contributed by atoms with van der Waals surface area (Å²) in [6, 6.07) is 6.81. The lowest BCUT2D eigenvalue weighted by atomic mass is 10.1. The van der Waals surface area contributed by atoms with Crippen LogP contribution in [0, 0.1) is 0 Å². The Hall–Kier alpha value is -1.92. The summed E-state index contributed by atoms with van der Waals surface area (Å²) in [5, 5.41) is 0. The second-order valence-corrected chi connectivity index (χ2v) is 7.37. The molecule has 2 fully saturated rings. The van der Waals surface area contributed by atoms with Gasteiger partial charge in [-0.25, -0.2) is 9.97 Å². The Morgan fingerprint density at radius 2 is 1.92 bits per heavy atom. The molecule has 4 heterocycles. The van der Waals surface area contributed by atoms with Crippen LogP contribution >= 0.6 is 0 Å². The maximum absolute atomic E-state index is 5.82. The van der Waals surface area contributed by atoms with Crippen molar-refractivity contribution in [3.8, 4) is 0 Å². The van der Waals surface area contributed by atoms with Gasteiger partial charge in [0.2, 0.25) is 5.89 Å². The van der Waals surface area contributed by atoms with Crippen LogP contribution in [0.15, 0.2) is 35.0 Å². The molecule has 0 amide bonds. The van der Waals surface area contributed by atoms with E-state index in [0.29, 0.717) is 12.0 Å². The van der Waals surface area contributed by atoms with Gasteiger partial charge in [-0.1, -0.05) is 19.9 Å². The van der Waals surface area contributed by atoms with E-state index in [-0.39, 0.29) is 0 Å². The number of rotatable bonds is 5. The van der Waals surface area contributed by atoms with Crippen molar-refractivity contribution in [1.29, 1.82) is 0 Å². The van der Waals surface area contributed by atoms with Crippen LogP contribution in [0.4, 0.5) is 5.82 Å². The molecule has 0 unspecified atom stereocenters. The molecule has 0 saturated carbocycles. The molecule has 134 valence electrons. The van der Waals surface area contributed by atoms with Gasteiger partial charge < -0.3 is 9.32 Å². The first-order valence-electron chi connectivity index (χ1n) is 9.26. The molecule has 4 rings (SSSR count). The number of likely N-dealkylation sites (tertiary alicyclic amines) is 1. The molecular formula is C19H27N5O. The average molecular weight is 341 g/mol. The van der Waals surface area contributed by atoms with Crippen molar-refractivity contribution >= 4 is 5.82 Å². The summed E-state index contributed by atoms with van der Waals surface area (Å²) in [5.41, 5.74) is 0. The number of hydrogen-bond donors (Lipinski definition) is 0. The van der Waals surface area contributed by atoms with Crippen LogP contribution in [0.3, 0.4) is 0 Å². The van der Waals surface area contributed by atoms with Crippen molar-refractivity contribution < 1.29 is 4.42 Å². The van der Waals surface area contributed by atoms with E-state index in [9.17, 15) is 0 Å². The van der Waals surface area contributed by atoms with E-state index in [4.69, 9.17) is 4.42 Å². The third kappa shape index (κ3) is 3.70. The number of aromatic nitrogens is 2. The average Bonchev–Trinajstić information content (AvgIpc) is 3.08. The fourth-order valence-electron chi connectivity index (χ4n) is 3.62. The van der Waals surface area contributed by atoms with Crippen LogP contribution in [-0.4, -0.2) is 65.1 Å². The smallest absolute Gasteiger partial charge is 0.208 e. The van der Waals surface area contributed by atoms with Gasteiger partial charge in [-0.3, -0.25) is 9.80 Å². The predicted molar refractivity (Wildman–Crippen MR) is 97.7 cm³/mol. The molecule has 0 N–H and O–H groups in total. The van der Waals surface area contributed by atoms with Crippen LogP contribution in [0.5, 0.6) is 0 Å². The molecule has 0 radical (unpaired) electrons. The lowest BCUT2D eigenvalue weighted by molar-refractivity contribution is 0.0204. The van der Waals surface area contributed by atoms with Gasteiger partial charge in [-0.2, -0.15) is 0 Å². The maximum atomic E-state index is 5.82. The molecule has 6 nitrogen and oxygen atoms in total. The molecule has 2 saturated heterocycles. The van der Waals surface area contributed by atoms with Crippen molar-refractivity contribution in [2.45, 2.75) is 32.4 Å². The molecule has 2 aromatic rings. The van der Waals surface area contributed by atoms with Gasteiger partial charge in [0.05, 0.1) is 12.7 Å². The minimum Gasteiger partial charge on any atom is -0.444 e. The Bertz CT molecular complexity index is 672. The van der Waals surface area contributed by atoms with E-state index in [0.717, 1.165) is 63.3 Å². The number of hydrogen-bond acceptors (Lipinski definition) is 6. The lowest BCUT2D eigenvalue weighted by Crippen LogP contribution is -2.62. The van der Waals surface area contributed by atoms with Crippen molar-refractivity contribution in [1.82, 2.24) is 19.8 Å². The first kappa shape index (κ1) is 16.5. The minimum atomic E-state index is 0.404. The number of oxazole rings is 1. The Kier molecular flexibility index (Phi) is 4.72. The number of anilines is 1. The van der Waals surface area contributed by atoms with Gasteiger partial charge in [0, 0.05) is 57.4 Å². The topological polar surface area (TPSA) is 48.6 Å². The second kappa shape index (κ2) is 7.14. The lowest BCUT2D eigenvalue weighted by Gasteiger charge is -2.48. The first-order chi connectivity index (χ1) is 12.2. The highest BCUT2D eigenvalue weighted by Crippen LogP contribution is 2.22. The Morgan fingerprint density at radius 3 is 2.56 bits per heavy atom. The second-order valence-electron chi connectivity index (χ2n) is 7.37. The molecule has 6 heteroatoms. The van der Waals surface area contributed by atoms with Gasteiger partial charge >= 0.3 is 0 Å². The van der Waals surface area contributed by atoms with Gasteiger partial charge in [0.25, 0.3) is 0 Å². The molecule has 2 aromatic heterocycles. The van der Waals surface area contributed by atoms with Crippen molar-refractivity contribution in [3.63, 3.8) is 0 Å². The van der Waals surface area contributed by atoms with E-state index in [2.05, 4.69) is 50.6 Å². The third-order valence-corrected chi connectivity index (χ3v) is 5.24. The maximum Gasteiger partial charge on any atom is 0.208 e. The van der Waals surface area contributed by atoms with Crippen LogP contribution in [0.25, 0.3) is 0 Å². The Morgan fingerprint density at radius 1 is 1.12 bits per heavy atom. The zero-order chi connectivity index (χ0) is 17.2. The largest absolute Gasteiger partial charge is 0.444 e. The standard InChI is InChI=1S/C19H27N5O/c1-15(2)17-11-21-19(25-17)14-22-12-16(13-22)23-7-9-24(10-8-23)18-5-3-4-6-20-18/h3-6,11,15-16H,7-10,12-14H2,1-2H3. The highest BCUT2D eigenvalue weighted by molar-refractivity contribution is 5.38. The summed E-state index contributed by atoms with van der Waals surface area (Å²) in [6.45, 7) is 11.7. The summed E-state index contributed by atoms with van der Waals surface area (Å²) >= 11 is 0. The zero-order valence-electron chi connectivity index (χ0n) is 15.1. The van der Waals surface area contributed by atoms with Crippen molar-refractivity contribution in [2.24, 2.45) is 0 Å². The highest BCUT2D eigenvalue weighted by Gasteiger charge is 2.34. The fourth-order valence-corrected chi connectivity index (χ4v) is 3.62. The molecule has 2 aliphatic rings. The van der Waals surface area contributed by atoms with E-state index in [1.165, 1.54) is 0 Å². The Labute approximate surface area is 149 Å². The van der Waals surface area contributed by atoms with Gasteiger partial charge in [0.1, 0.15) is 11.6 Å². The van der Waals surface area contributed by atoms with E-state index in [1.54, 1.807) is 0 Å². The quantitative estimate of drug-likeness (QED) is 0.831. The molecule has 0 aromatic carbocycles. The molecule has 0 aliphatic carbocycles. The molecule has 25 heavy (non-hydrogen) atoms. The molecule has 2 aliphatic heterocycles. The van der Waals surface area contributed by atoms with Crippen molar-refractivity contribution in [2.75, 3.05) is 44.2 Å². The van der Waals surface area contributed by atoms with Crippen LogP contribution < -0.4 is 4.90 Å². The molecule has 0 bridgehead atoms. The first-order valence-corrected chi connectivity index (χ1v) is 9.26. The third-order valence-electron chi connectivity index (χ3n) is 5.24. The van der Waals surface area contributed by atoms with Crippen molar-refractivity contribution in [3.05, 3.63) is 42.2 Å². The van der Waals surface area contributed by atoms with E-state index in [1.807, 2.05) is 18.5 Å². The van der Waals surface area contributed by atoms with E-state index < -0.39 is 0 Å². The van der Waals surface area contributed by atoms with Crippen LogP contribution in [-0.2, 0) is 6.54 Å². The van der Waals surface area contributed by atoms with Gasteiger partial charge in [-0.05, 0) is 12.1 Å². The SMILES string of the molecule is CC(C)c1cnc(CN2CC(N3CCN(c4ccccn4)CC3)C2)o1. The fraction of sp³-hybridized carbons (Fsp3) is 0.579. The highest BCUT2D eigenvalue weighted by atomic mass is 16.4.